The van der Waals surface area contributed by atoms with E-state index in [2.05, 4.69) is 5.32 Å². The molecular weight excluding hydrogens is 246 g/mol. The number of carbonyl (C=O) groups excluding carboxylic acids is 1. The summed E-state index contributed by atoms with van der Waals surface area (Å²) in [5, 5.41) is 11.4. The van der Waals surface area contributed by atoms with Crippen LogP contribution in [0.4, 0.5) is 0 Å². The zero-order chi connectivity index (χ0) is 13.5. The third-order valence-corrected chi connectivity index (χ3v) is 2.94. The van der Waals surface area contributed by atoms with Gasteiger partial charge >= 0.3 is 0 Å². The molecule has 0 aliphatic carbocycles. The van der Waals surface area contributed by atoms with Gasteiger partial charge in [0.2, 0.25) is 0 Å². The second-order valence-electron chi connectivity index (χ2n) is 4.37. The van der Waals surface area contributed by atoms with Crippen LogP contribution in [0.2, 0.25) is 0 Å². The SMILES string of the molecule is O=C(NCCCOCCO)c1ccc2c(c1)CCO2. The van der Waals surface area contributed by atoms with Crippen molar-refractivity contribution in [2.75, 3.05) is 33.0 Å². The predicted octanol–water partition coefficient (Wildman–Crippen LogP) is 0.750. The van der Waals surface area contributed by atoms with Crippen molar-refractivity contribution in [1.82, 2.24) is 5.32 Å². The summed E-state index contributed by atoms with van der Waals surface area (Å²) >= 11 is 0. The minimum Gasteiger partial charge on any atom is -0.493 e. The van der Waals surface area contributed by atoms with Gasteiger partial charge in [-0.2, -0.15) is 0 Å². The van der Waals surface area contributed by atoms with E-state index in [-0.39, 0.29) is 12.5 Å². The van der Waals surface area contributed by atoms with Crippen LogP contribution < -0.4 is 10.1 Å². The Balaban J connectivity index is 1.74. The van der Waals surface area contributed by atoms with Crippen molar-refractivity contribution in [2.45, 2.75) is 12.8 Å². The summed E-state index contributed by atoms with van der Waals surface area (Å²) in [6.45, 7) is 2.18. The largest absolute Gasteiger partial charge is 0.493 e. The molecule has 0 radical (unpaired) electrons. The molecule has 0 aromatic heterocycles. The van der Waals surface area contributed by atoms with Crippen LogP contribution in [0.5, 0.6) is 5.75 Å². The van der Waals surface area contributed by atoms with Crippen molar-refractivity contribution in [1.29, 1.82) is 0 Å². The molecule has 1 aromatic carbocycles. The second kappa shape index (κ2) is 7.11. The van der Waals surface area contributed by atoms with Crippen molar-refractivity contribution >= 4 is 5.91 Å². The van der Waals surface area contributed by atoms with E-state index in [4.69, 9.17) is 14.6 Å². The molecule has 1 heterocycles. The highest BCUT2D eigenvalue weighted by molar-refractivity contribution is 5.94. The molecular formula is C14H19NO4. The first-order chi connectivity index (χ1) is 9.31. The van der Waals surface area contributed by atoms with Gasteiger partial charge < -0.3 is 19.9 Å². The van der Waals surface area contributed by atoms with Gasteiger partial charge in [-0.15, -0.1) is 0 Å². The fourth-order valence-electron chi connectivity index (χ4n) is 1.97. The van der Waals surface area contributed by atoms with E-state index in [0.29, 0.717) is 31.9 Å². The summed E-state index contributed by atoms with van der Waals surface area (Å²) in [5.74, 6) is 0.811. The van der Waals surface area contributed by atoms with Crippen molar-refractivity contribution in [3.05, 3.63) is 29.3 Å². The molecule has 0 atom stereocenters. The quantitative estimate of drug-likeness (QED) is 0.714. The number of fused-ring (bicyclic) bond motifs is 1. The van der Waals surface area contributed by atoms with Crippen LogP contribution in [-0.2, 0) is 11.2 Å². The maximum Gasteiger partial charge on any atom is 0.251 e. The van der Waals surface area contributed by atoms with Crippen LogP contribution in [0, 0.1) is 0 Å². The van der Waals surface area contributed by atoms with Crippen LogP contribution in [-0.4, -0.2) is 44.0 Å². The number of hydrogen-bond donors (Lipinski definition) is 2. The van der Waals surface area contributed by atoms with Gasteiger partial charge in [0.15, 0.2) is 0 Å². The topological polar surface area (TPSA) is 67.8 Å². The minimum absolute atomic E-state index is 0.0313. The monoisotopic (exact) mass is 265 g/mol. The summed E-state index contributed by atoms with van der Waals surface area (Å²) in [6, 6.07) is 5.52. The molecule has 0 fully saturated rings. The van der Waals surface area contributed by atoms with Crippen LogP contribution in [0.3, 0.4) is 0 Å². The molecule has 0 spiro atoms. The molecule has 19 heavy (non-hydrogen) atoms. The summed E-state index contributed by atoms with van der Waals surface area (Å²) in [5.41, 5.74) is 1.76. The van der Waals surface area contributed by atoms with Gasteiger partial charge in [-0.05, 0) is 30.2 Å². The molecule has 2 rings (SSSR count). The second-order valence-corrected chi connectivity index (χ2v) is 4.37. The lowest BCUT2D eigenvalue weighted by atomic mass is 10.1. The Kier molecular flexibility index (Phi) is 5.18. The Morgan fingerprint density at radius 3 is 3.16 bits per heavy atom. The van der Waals surface area contributed by atoms with Gasteiger partial charge in [0.1, 0.15) is 5.75 Å². The van der Waals surface area contributed by atoms with E-state index >= 15 is 0 Å². The smallest absolute Gasteiger partial charge is 0.251 e. The number of ether oxygens (including phenoxy) is 2. The summed E-state index contributed by atoms with van der Waals surface area (Å²) in [7, 11) is 0. The molecule has 0 saturated carbocycles. The van der Waals surface area contributed by atoms with E-state index in [9.17, 15) is 4.79 Å². The average Bonchev–Trinajstić information content (AvgIpc) is 2.89. The molecule has 2 N–H and O–H groups in total. The van der Waals surface area contributed by atoms with E-state index in [1.54, 1.807) is 6.07 Å². The Labute approximate surface area is 112 Å². The van der Waals surface area contributed by atoms with E-state index in [0.717, 1.165) is 24.2 Å². The summed E-state index contributed by atoms with van der Waals surface area (Å²) in [4.78, 5) is 11.9. The normalized spacial score (nSPS) is 12.9. The lowest BCUT2D eigenvalue weighted by molar-refractivity contribution is 0.0867. The molecule has 0 bridgehead atoms. The molecule has 5 heteroatoms. The highest BCUT2D eigenvalue weighted by atomic mass is 16.5. The Bertz CT molecular complexity index is 433. The Morgan fingerprint density at radius 1 is 1.42 bits per heavy atom. The lowest BCUT2D eigenvalue weighted by Crippen LogP contribution is -2.25. The number of amides is 1. The first-order valence-corrected chi connectivity index (χ1v) is 6.54. The van der Waals surface area contributed by atoms with Gasteiger partial charge in [-0.3, -0.25) is 4.79 Å². The van der Waals surface area contributed by atoms with Crippen LogP contribution in [0.15, 0.2) is 18.2 Å². The molecule has 104 valence electrons. The van der Waals surface area contributed by atoms with Crippen molar-refractivity contribution in [3.63, 3.8) is 0 Å². The number of aliphatic hydroxyl groups is 1. The van der Waals surface area contributed by atoms with E-state index < -0.39 is 0 Å². The Morgan fingerprint density at radius 2 is 2.32 bits per heavy atom. The molecule has 0 unspecified atom stereocenters. The van der Waals surface area contributed by atoms with Gasteiger partial charge in [-0.1, -0.05) is 0 Å². The summed E-state index contributed by atoms with van der Waals surface area (Å²) in [6.07, 6.45) is 1.60. The third kappa shape index (κ3) is 3.94. The van der Waals surface area contributed by atoms with Crippen LogP contribution >= 0.6 is 0 Å². The van der Waals surface area contributed by atoms with Crippen molar-refractivity contribution in [2.24, 2.45) is 0 Å². The molecule has 1 amide bonds. The zero-order valence-electron chi connectivity index (χ0n) is 10.9. The standard InChI is InChI=1S/C14H19NO4/c16-6-9-18-7-1-5-15-14(17)12-2-3-13-11(10-12)4-8-19-13/h2-3,10,16H,1,4-9H2,(H,15,17). The van der Waals surface area contributed by atoms with E-state index in [1.165, 1.54) is 0 Å². The number of carbonyl (C=O) groups is 1. The predicted molar refractivity (Wildman–Crippen MR) is 70.5 cm³/mol. The summed E-state index contributed by atoms with van der Waals surface area (Å²) < 4.78 is 10.5. The third-order valence-electron chi connectivity index (χ3n) is 2.94. The van der Waals surface area contributed by atoms with Crippen LogP contribution in [0.25, 0.3) is 0 Å². The highest BCUT2D eigenvalue weighted by Gasteiger charge is 2.14. The Hall–Kier alpha value is -1.59. The van der Waals surface area contributed by atoms with Gasteiger partial charge in [0.25, 0.3) is 5.91 Å². The zero-order valence-corrected chi connectivity index (χ0v) is 10.9. The van der Waals surface area contributed by atoms with Gasteiger partial charge in [-0.25, -0.2) is 0 Å². The number of benzene rings is 1. The molecule has 1 aliphatic heterocycles. The first-order valence-electron chi connectivity index (χ1n) is 6.54. The maximum atomic E-state index is 11.9. The van der Waals surface area contributed by atoms with E-state index in [1.807, 2.05) is 12.1 Å². The molecule has 5 nitrogen and oxygen atoms in total. The molecule has 1 aromatic rings. The van der Waals surface area contributed by atoms with Gasteiger partial charge in [0.05, 0.1) is 19.8 Å². The first kappa shape index (κ1) is 13.8. The molecule has 1 aliphatic rings. The fraction of sp³-hybridized carbons (Fsp3) is 0.500. The number of hydrogen-bond acceptors (Lipinski definition) is 4. The highest BCUT2D eigenvalue weighted by Crippen LogP contribution is 2.25. The maximum absolute atomic E-state index is 11.9. The van der Waals surface area contributed by atoms with Gasteiger partial charge in [0, 0.05) is 25.1 Å². The van der Waals surface area contributed by atoms with Crippen molar-refractivity contribution < 1.29 is 19.4 Å². The number of aliphatic hydroxyl groups excluding tert-OH is 1. The van der Waals surface area contributed by atoms with Crippen LogP contribution in [0.1, 0.15) is 22.3 Å². The number of rotatable bonds is 7. The number of nitrogens with one attached hydrogen (secondary N) is 1. The van der Waals surface area contributed by atoms with Crippen molar-refractivity contribution in [3.8, 4) is 5.75 Å². The lowest BCUT2D eigenvalue weighted by Gasteiger charge is -2.07. The minimum atomic E-state index is -0.0724. The molecule has 0 saturated heterocycles. The fourth-order valence-corrected chi connectivity index (χ4v) is 1.97. The average molecular weight is 265 g/mol.